The van der Waals surface area contributed by atoms with E-state index in [4.69, 9.17) is 0 Å². The average molecular weight is 305 g/mol. The van der Waals surface area contributed by atoms with Crippen LogP contribution in [0.15, 0.2) is 24.4 Å². The molecule has 0 unspecified atom stereocenters. The molecule has 0 bridgehead atoms. The van der Waals surface area contributed by atoms with E-state index in [0.29, 0.717) is 0 Å². The van der Waals surface area contributed by atoms with Gasteiger partial charge in [0.1, 0.15) is 0 Å². The van der Waals surface area contributed by atoms with Gasteiger partial charge in [-0.3, -0.25) is 4.98 Å². The number of nitrogens with one attached hydrogen (secondary N) is 2. The summed E-state index contributed by atoms with van der Waals surface area (Å²) in [5.74, 6) is 0.424. The maximum absolute atomic E-state index is 12.3. The Hall–Kier alpha value is -1.62. The molecule has 3 atom stereocenters. The summed E-state index contributed by atoms with van der Waals surface area (Å²) in [5.41, 5.74) is 0.870. The highest BCUT2D eigenvalue weighted by atomic mass is 16.3. The molecule has 0 saturated heterocycles. The van der Waals surface area contributed by atoms with Crippen molar-refractivity contribution in [3.05, 3.63) is 30.1 Å². The largest absolute Gasteiger partial charge is 0.396 e. The molecule has 5 nitrogen and oxygen atoms in total. The summed E-state index contributed by atoms with van der Waals surface area (Å²) in [6.07, 6.45) is 5.90. The zero-order valence-electron chi connectivity index (χ0n) is 13.5. The Morgan fingerprint density at radius 2 is 2.14 bits per heavy atom. The number of carbonyl (C=O) groups excluding carboxylic acids is 1. The van der Waals surface area contributed by atoms with Crippen molar-refractivity contribution >= 4 is 6.03 Å². The van der Waals surface area contributed by atoms with Crippen LogP contribution in [0.25, 0.3) is 0 Å². The van der Waals surface area contributed by atoms with Crippen molar-refractivity contribution in [1.29, 1.82) is 0 Å². The van der Waals surface area contributed by atoms with Crippen LogP contribution in [-0.4, -0.2) is 28.8 Å². The van der Waals surface area contributed by atoms with E-state index < -0.39 is 0 Å². The summed E-state index contributed by atoms with van der Waals surface area (Å²) < 4.78 is 0. The molecule has 1 aromatic rings. The lowest BCUT2D eigenvalue weighted by Gasteiger charge is -2.32. The number of hydrogen-bond donors (Lipinski definition) is 3. The molecule has 1 saturated carbocycles. The SMILES string of the molecule is CC(C)[C@H](NC(=O)N[C@H]1CCCC[C@H]1CO)c1ccccn1. The van der Waals surface area contributed by atoms with Crippen molar-refractivity contribution < 1.29 is 9.90 Å². The molecule has 22 heavy (non-hydrogen) atoms. The molecular weight excluding hydrogens is 278 g/mol. The first-order chi connectivity index (χ1) is 10.6. The lowest BCUT2D eigenvalue weighted by Crippen LogP contribution is -2.49. The minimum atomic E-state index is -0.172. The Kier molecular flexibility index (Phi) is 6.19. The topological polar surface area (TPSA) is 74.2 Å². The minimum absolute atomic E-state index is 0.0651. The predicted octanol–water partition coefficient (Wildman–Crippen LogP) is 2.63. The highest BCUT2D eigenvalue weighted by Gasteiger charge is 2.27. The van der Waals surface area contributed by atoms with Gasteiger partial charge < -0.3 is 15.7 Å². The van der Waals surface area contributed by atoms with Crippen LogP contribution in [0.3, 0.4) is 0 Å². The number of nitrogens with zero attached hydrogens (tertiary/aromatic N) is 1. The molecule has 0 aliphatic heterocycles. The second-order valence-corrected chi connectivity index (χ2v) is 6.43. The number of hydrogen-bond acceptors (Lipinski definition) is 3. The number of amides is 2. The Morgan fingerprint density at radius 1 is 1.36 bits per heavy atom. The van der Waals surface area contributed by atoms with Gasteiger partial charge in [-0.2, -0.15) is 0 Å². The van der Waals surface area contributed by atoms with E-state index in [1.54, 1.807) is 6.20 Å². The minimum Gasteiger partial charge on any atom is -0.396 e. The van der Waals surface area contributed by atoms with Gasteiger partial charge in [-0.1, -0.05) is 32.8 Å². The van der Waals surface area contributed by atoms with Gasteiger partial charge in [-0.15, -0.1) is 0 Å². The normalized spacial score (nSPS) is 23.1. The van der Waals surface area contributed by atoms with Crippen LogP contribution in [0.2, 0.25) is 0 Å². The van der Waals surface area contributed by atoms with Crippen LogP contribution >= 0.6 is 0 Å². The van der Waals surface area contributed by atoms with Gasteiger partial charge in [-0.25, -0.2) is 4.79 Å². The number of aromatic nitrogens is 1. The smallest absolute Gasteiger partial charge is 0.315 e. The van der Waals surface area contributed by atoms with Crippen LogP contribution in [0, 0.1) is 11.8 Å². The molecule has 2 amide bonds. The third-order valence-electron chi connectivity index (χ3n) is 4.42. The van der Waals surface area contributed by atoms with E-state index in [1.165, 1.54) is 0 Å². The van der Waals surface area contributed by atoms with Gasteiger partial charge in [0.25, 0.3) is 0 Å². The number of pyridine rings is 1. The first-order valence-corrected chi connectivity index (χ1v) is 8.20. The van der Waals surface area contributed by atoms with Gasteiger partial charge >= 0.3 is 6.03 Å². The summed E-state index contributed by atoms with van der Waals surface area (Å²) >= 11 is 0. The number of aliphatic hydroxyl groups excluding tert-OH is 1. The molecule has 3 N–H and O–H groups in total. The summed E-state index contributed by atoms with van der Waals surface area (Å²) in [5, 5.41) is 15.5. The van der Waals surface area contributed by atoms with Crippen molar-refractivity contribution in [3.63, 3.8) is 0 Å². The van der Waals surface area contributed by atoms with Gasteiger partial charge in [0.05, 0.1) is 11.7 Å². The van der Waals surface area contributed by atoms with Crippen LogP contribution in [0.5, 0.6) is 0 Å². The van der Waals surface area contributed by atoms with Crippen molar-refractivity contribution in [2.75, 3.05) is 6.61 Å². The van der Waals surface area contributed by atoms with Crippen molar-refractivity contribution in [2.45, 2.75) is 51.6 Å². The Balaban J connectivity index is 1.96. The van der Waals surface area contributed by atoms with Crippen LogP contribution < -0.4 is 10.6 Å². The molecule has 1 fully saturated rings. The number of carbonyl (C=O) groups is 1. The molecule has 2 rings (SSSR count). The van der Waals surface area contributed by atoms with Crippen LogP contribution in [0.1, 0.15) is 51.3 Å². The maximum atomic E-state index is 12.3. The van der Waals surface area contributed by atoms with Gasteiger partial charge in [0, 0.05) is 24.8 Å². The van der Waals surface area contributed by atoms with E-state index in [0.717, 1.165) is 31.4 Å². The molecular formula is C17H27N3O2. The molecule has 1 heterocycles. The van der Waals surface area contributed by atoms with E-state index in [1.807, 2.05) is 18.2 Å². The summed E-state index contributed by atoms with van der Waals surface area (Å²) in [6.45, 7) is 4.27. The lowest BCUT2D eigenvalue weighted by atomic mass is 9.85. The predicted molar refractivity (Wildman–Crippen MR) is 86.3 cm³/mol. The fourth-order valence-corrected chi connectivity index (χ4v) is 3.11. The summed E-state index contributed by atoms with van der Waals surface area (Å²) in [6, 6.07) is 5.51. The molecule has 5 heteroatoms. The average Bonchev–Trinajstić information content (AvgIpc) is 2.53. The van der Waals surface area contributed by atoms with Gasteiger partial charge in [0.2, 0.25) is 0 Å². The Morgan fingerprint density at radius 3 is 2.77 bits per heavy atom. The number of aliphatic hydroxyl groups is 1. The van der Waals surface area contributed by atoms with Crippen molar-refractivity contribution in [1.82, 2.24) is 15.6 Å². The third kappa shape index (κ3) is 4.44. The Bertz CT molecular complexity index is 464. The van der Waals surface area contributed by atoms with Crippen molar-refractivity contribution in [2.24, 2.45) is 11.8 Å². The molecule has 0 radical (unpaired) electrons. The standard InChI is InChI=1S/C17H27N3O2/c1-12(2)16(15-9-5-6-10-18-15)20-17(22)19-14-8-4-3-7-13(14)11-21/h5-6,9-10,12-14,16,21H,3-4,7-8,11H2,1-2H3,(H2,19,20,22)/t13-,14-,16-/m0/s1. The second kappa shape index (κ2) is 8.13. The van der Waals surface area contributed by atoms with Gasteiger partial charge in [-0.05, 0) is 30.9 Å². The fraction of sp³-hybridized carbons (Fsp3) is 0.647. The molecule has 0 spiro atoms. The van der Waals surface area contributed by atoms with Crippen LogP contribution in [-0.2, 0) is 0 Å². The lowest BCUT2D eigenvalue weighted by molar-refractivity contribution is 0.152. The van der Waals surface area contributed by atoms with Crippen LogP contribution in [0.4, 0.5) is 4.79 Å². The quantitative estimate of drug-likeness (QED) is 0.783. The zero-order valence-corrected chi connectivity index (χ0v) is 13.5. The highest BCUT2D eigenvalue weighted by Crippen LogP contribution is 2.24. The number of rotatable bonds is 5. The summed E-state index contributed by atoms with van der Waals surface area (Å²) in [4.78, 5) is 16.7. The molecule has 1 aromatic heterocycles. The van der Waals surface area contributed by atoms with Gasteiger partial charge in [0.15, 0.2) is 0 Å². The number of urea groups is 1. The first-order valence-electron chi connectivity index (χ1n) is 8.20. The molecule has 0 aromatic carbocycles. The van der Waals surface area contributed by atoms with E-state index in [2.05, 4.69) is 29.5 Å². The monoisotopic (exact) mass is 305 g/mol. The second-order valence-electron chi connectivity index (χ2n) is 6.43. The van der Waals surface area contributed by atoms with Crippen molar-refractivity contribution in [3.8, 4) is 0 Å². The third-order valence-corrected chi connectivity index (χ3v) is 4.42. The maximum Gasteiger partial charge on any atom is 0.315 e. The summed E-state index contributed by atoms with van der Waals surface area (Å²) in [7, 11) is 0. The fourth-order valence-electron chi connectivity index (χ4n) is 3.11. The zero-order chi connectivity index (χ0) is 15.9. The van der Waals surface area contributed by atoms with E-state index >= 15 is 0 Å². The molecule has 1 aliphatic rings. The van der Waals surface area contributed by atoms with E-state index in [9.17, 15) is 9.90 Å². The van der Waals surface area contributed by atoms with E-state index in [-0.39, 0.29) is 36.6 Å². The Labute approximate surface area is 132 Å². The first kappa shape index (κ1) is 16.7. The molecule has 1 aliphatic carbocycles. The highest BCUT2D eigenvalue weighted by molar-refractivity contribution is 5.74. The molecule has 122 valence electrons.